The zero-order valence-corrected chi connectivity index (χ0v) is 12.6. The number of rotatable bonds is 6. The van der Waals surface area contributed by atoms with Crippen LogP contribution in [-0.4, -0.2) is 25.2 Å². The van der Waals surface area contributed by atoms with Crippen LogP contribution >= 0.6 is 24.0 Å². The molecule has 0 spiro atoms. The lowest BCUT2D eigenvalue weighted by atomic mass is 9.86. The van der Waals surface area contributed by atoms with E-state index in [-0.39, 0.29) is 30.4 Å². The summed E-state index contributed by atoms with van der Waals surface area (Å²) in [6.45, 7) is 1.19. The number of hydrogen-bond donors (Lipinski definition) is 2. The lowest BCUT2D eigenvalue weighted by Crippen LogP contribution is -2.33. The minimum Gasteiger partial charge on any atom is -0.370 e. The van der Waals surface area contributed by atoms with Gasteiger partial charge in [-0.2, -0.15) is 13.2 Å². The first-order chi connectivity index (χ1) is 7.97. The molecule has 18 heavy (non-hydrogen) atoms. The third kappa shape index (κ3) is 8.82. The highest BCUT2D eigenvalue weighted by Crippen LogP contribution is 2.26. The van der Waals surface area contributed by atoms with Crippen LogP contribution < -0.4 is 11.1 Å². The number of aliphatic imine (C=N–C) groups is 1. The van der Waals surface area contributed by atoms with Gasteiger partial charge in [0.05, 0.1) is 0 Å². The van der Waals surface area contributed by atoms with Crippen molar-refractivity contribution in [2.24, 2.45) is 16.6 Å². The van der Waals surface area contributed by atoms with E-state index in [9.17, 15) is 13.2 Å². The van der Waals surface area contributed by atoms with Crippen molar-refractivity contribution in [3.63, 3.8) is 0 Å². The van der Waals surface area contributed by atoms with Crippen molar-refractivity contribution in [1.29, 1.82) is 0 Å². The zero-order valence-electron chi connectivity index (χ0n) is 10.3. The smallest absolute Gasteiger partial charge is 0.370 e. The monoisotopic (exact) mass is 379 g/mol. The number of halogens is 4. The van der Waals surface area contributed by atoms with Crippen LogP contribution in [0.5, 0.6) is 0 Å². The molecule has 0 aromatic carbocycles. The molecule has 0 heterocycles. The SMILES string of the molecule is I.NC(=NCC1CCC1)NCCCCC(F)(F)F. The van der Waals surface area contributed by atoms with Crippen molar-refractivity contribution >= 4 is 29.9 Å². The number of hydrogen-bond acceptors (Lipinski definition) is 1. The van der Waals surface area contributed by atoms with Crippen LogP contribution in [0.3, 0.4) is 0 Å². The third-order valence-corrected chi connectivity index (χ3v) is 2.94. The molecule has 0 aromatic rings. The molecule has 0 atom stereocenters. The summed E-state index contributed by atoms with van der Waals surface area (Å²) in [6.07, 6.45) is -0.501. The minimum absolute atomic E-state index is 0. The normalized spacial score (nSPS) is 16.9. The molecule has 0 amide bonds. The molecule has 3 N–H and O–H groups in total. The fraction of sp³-hybridized carbons (Fsp3) is 0.909. The van der Waals surface area contributed by atoms with Crippen LogP contribution in [0, 0.1) is 5.92 Å². The summed E-state index contributed by atoms with van der Waals surface area (Å²) in [5, 5.41) is 2.83. The fourth-order valence-corrected chi connectivity index (χ4v) is 1.63. The van der Waals surface area contributed by atoms with Gasteiger partial charge >= 0.3 is 6.18 Å². The predicted molar refractivity (Wildman–Crippen MR) is 77.2 cm³/mol. The van der Waals surface area contributed by atoms with E-state index >= 15 is 0 Å². The minimum atomic E-state index is -4.05. The Kier molecular flexibility index (Phi) is 8.71. The number of nitrogens with one attached hydrogen (secondary N) is 1. The molecule has 0 unspecified atom stereocenters. The second-order valence-electron chi connectivity index (χ2n) is 4.52. The van der Waals surface area contributed by atoms with Gasteiger partial charge in [-0.25, -0.2) is 0 Å². The van der Waals surface area contributed by atoms with Gasteiger partial charge < -0.3 is 11.1 Å². The Hall–Kier alpha value is -0.210. The first-order valence-corrected chi connectivity index (χ1v) is 6.08. The lowest BCUT2D eigenvalue weighted by molar-refractivity contribution is -0.135. The van der Waals surface area contributed by atoms with Crippen molar-refractivity contribution < 1.29 is 13.2 Å². The predicted octanol–water partition coefficient (Wildman–Crippen LogP) is 3.04. The standard InChI is InChI=1S/C11H20F3N3.HI/c12-11(13,14)6-1-2-7-16-10(15)17-8-9-4-3-5-9;/h9H,1-8H2,(H3,15,16,17);1H. The van der Waals surface area contributed by atoms with Crippen LogP contribution in [0.15, 0.2) is 4.99 Å². The van der Waals surface area contributed by atoms with E-state index in [2.05, 4.69) is 10.3 Å². The Bertz CT molecular complexity index is 252. The Morgan fingerprint density at radius 2 is 1.94 bits per heavy atom. The second kappa shape index (κ2) is 8.82. The number of guanidine groups is 1. The van der Waals surface area contributed by atoms with Gasteiger partial charge in [0.15, 0.2) is 5.96 Å². The Balaban J connectivity index is 0.00000289. The van der Waals surface area contributed by atoms with Gasteiger partial charge in [-0.1, -0.05) is 6.42 Å². The Morgan fingerprint density at radius 3 is 2.44 bits per heavy atom. The molecule has 1 aliphatic rings. The van der Waals surface area contributed by atoms with Crippen LogP contribution in [-0.2, 0) is 0 Å². The second-order valence-corrected chi connectivity index (χ2v) is 4.52. The molecule has 0 radical (unpaired) electrons. The third-order valence-electron chi connectivity index (χ3n) is 2.94. The Labute approximate surface area is 123 Å². The van der Waals surface area contributed by atoms with Crippen LogP contribution in [0.2, 0.25) is 0 Å². The molecule has 0 bridgehead atoms. The van der Waals surface area contributed by atoms with E-state index in [4.69, 9.17) is 5.73 Å². The fourth-order valence-electron chi connectivity index (χ4n) is 1.63. The molecule has 3 nitrogen and oxygen atoms in total. The van der Waals surface area contributed by atoms with Crippen molar-refractivity contribution in [2.45, 2.75) is 44.7 Å². The van der Waals surface area contributed by atoms with Crippen LogP contribution in [0.1, 0.15) is 38.5 Å². The van der Waals surface area contributed by atoms with Crippen molar-refractivity contribution in [1.82, 2.24) is 5.32 Å². The highest BCUT2D eigenvalue weighted by Gasteiger charge is 2.25. The van der Waals surface area contributed by atoms with Gasteiger partial charge in [0.2, 0.25) is 0 Å². The average molecular weight is 379 g/mol. The van der Waals surface area contributed by atoms with E-state index in [1.807, 2.05) is 0 Å². The lowest BCUT2D eigenvalue weighted by Gasteiger charge is -2.23. The average Bonchev–Trinajstić information content (AvgIpc) is 2.13. The molecule has 108 valence electrons. The summed E-state index contributed by atoms with van der Waals surface area (Å²) in [6, 6.07) is 0. The number of nitrogens with zero attached hydrogens (tertiary/aromatic N) is 1. The summed E-state index contributed by atoms with van der Waals surface area (Å²) < 4.78 is 35.5. The number of alkyl halides is 3. The van der Waals surface area contributed by atoms with E-state index in [1.54, 1.807) is 0 Å². The molecular formula is C11H21F3IN3. The van der Waals surface area contributed by atoms with Gasteiger partial charge in [0, 0.05) is 19.5 Å². The van der Waals surface area contributed by atoms with Crippen LogP contribution in [0.25, 0.3) is 0 Å². The number of unbranched alkanes of at least 4 members (excludes halogenated alkanes) is 1. The van der Waals surface area contributed by atoms with E-state index in [0.717, 1.165) is 6.54 Å². The van der Waals surface area contributed by atoms with Gasteiger partial charge in [-0.3, -0.25) is 4.99 Å². The van der Waals surface area contributed by atoms with Crippen molar-refractivity contribution in [2.75, 3.05) is 13.1 Å². The van der Waals surface area contributed by atoms with E-state index < -0.39 is 12.6 Å². The van der Waals surface area contributed by atoms with Gasteiger partial charge in [-0.05, 0) is 31.6 Å². The van der Waals surface area contributed by atoms with Gasteiger partial charge in [0.25, 0.3) is 0 Å². The van der Waals surface area contributed by atoms with Crippen LogP contribution in [0.4, 0.5) is 13.2 Å². The summed E-state index contributed by atoms with van der Waals surface area (Å²) >= 11 is 0. The van der Waals surface area contributed by atoms with Crippen molar-refractivity contribution in [3.05, 3.63) is 0 Å². The maximum absolute atomic E-state index is 11.8. The summed E-state index contributed by atoms with van der Waals surface area (Å²) in [4.78, 5) is 4.15. The molecular weight excluding hydrogens is 358 g/mol. The van der Waals surface area contributed by atoms with Gasteiger partial charge in [0.1, 0.15) is 0 Å². The number of nitrogens with two attached hydrogens (primary N) is 1. The maximum Gasteiger partial charge on any atom is 0.389 e. The summed E-state index contributed by atoms with van der Waals surface area (Å²) in [7, 11) is 0. The highest BCUT2D eigenvalue weighted by molar-refractivity contribution is 14.0. The van der Waals surface area contributed by atoms with E-state index in [0.29, 0.717) is 24.8 Å². The quantitative estimate of drug-likeness (QED) is 0.323. The molecule has 7 heteroatoms. The molecule has 1 rings (SSSR count). The zero-order chi connectivity index (χ0) is 12.7. The highest BCUT2D eigenvalue weighted by atomic mass is 127. The first-order valence-electron chi connectivity index (χ1n) is 6.08. The largest absolute Gasteiger partial charge is 0.389 e. The van der Waals surface area contributed by atoms with E-state index in [1.165, 1.54) is 19.3 Å². The van der Waals surface area contributed by atoms with Gasteiger partial charge in [-0.15, -0.1) is 24.0 Å². The topological polar surface area (TPSA) is 50.4 Å². The Morgan fingerprint density at radius 1 is 1.28 bits per heavy atom. The summed E-state index contributed by atoms with van der Waals surface area (Å²) in [5.74, 6) is 1.00. The summed E-state index contributed by atoms with van der Waals surface area (Å²) in [5.41, 5.74) is 5.59. The molecule has 1 saturated carbocycles. The molecule has 1 aliphatic carbocycles. The van der Waals surface area contributed by atoms with Crippen molar-refractivity contribution in [3.8, 4) is 0 Å². The first kappa shape index (κ1) is 17.8. The molecule has 0 aliphatic heterocycles. The maximum atomic E-state index is 11.8. The molecule has 0 aromatic heterocycles. The molecule has 1 fully saturated rings. The molecule has 0 saturated heterocycles.